The zero-order chi connectivity index (χ0) is 21.6. The lowest BCUT2D eigenvalue weighted by Gasteiger charge is -2.30. The Morgan fingerprint density at radius 1 is 1.23 bits per heavy atom. The minimum Gasteiger partial charge on any atom is -0.489 e. The van der Waals surface area contributed by atoms with Crippen molar-refractivity contribution in [1.29, 1.82) is 0 Å². The van der Waals surface area contributed by atoms with E-state index in [1.165, 1.54) is 4.31 Å². The Morgan fingerprint density at radius 2 is 1.93 bits per heavy atom. The van der Waals surface area contributed by atoms with Crippen molar-refractivity contribution in [3.8, 4) is 5.75 Å². The number of hydrogen-bond donors (Lipinski definition) is 1. The summed E-state index contributed by atoms with van der Waals surface area (Å²) in [6.45, 7) is 4.66. The summed E-state index contributed by atoms with van der Waals surface area (Å²) >= 11 is 1.57. The van der Waals surface area contributed by atoms with Gasteiger partial charge in [0.2, 0.25) is 15.9 Å². The molecule has 0 saturated carbocycles. The molecule has 160 valence electrons. The lowest BCUT2D eigenvalue weighted by molar-refractivity contribution is -0.120. The molecule has 30 heavy (non-hydrogen) atoms. The number of thioether (sulfide) groups is 1. The Balaban J connectivity index is 1.58. The van der Waals surface area contributed by atoms with E-state index >= 15 is 0 Å². The molecule has 0 spiro atoms. The monoisotopic (exact) mass is 446 g/mol. The molecular formula is C22H26N2O4S2. The van der Waals surface area contributed by atoms with Crippen LogP contribution in [0.2, 0.25) is 0 Å². The van der Waals surface area contributed by atoms with Crippen LogP contribution < -0.4 is 10.1 Å². The van der Waals surface area contributed by atoms with Gasteiger partial charge in [0.1, 0.15) is 12.4 Å². The first-order valence-corrected chi connectivity index (χ1v) is 12.4. The SMILES string of the molecule is C=CCOc1cccc(NC(=O)C2CCN(S(=O)(=O)c3ccc(SC)cc3)CC2)c1. The average Bonchev–Trinajstić information content (AvgIpc) is 2.78. The Hall–Kier alpha value is -2.29. The van der Waals surface area contributed by atoms with Crippen LogP contribution in [0.25, 0.3) is 0 Å². The maximum absolute atomic E-state index is 12.9. The summed E-state index contributed by atoms with van der Waals surface area (Å²) in [6.07, 6.45) is 4.58. The smallest absolute Gasteiger partial charge is 0.243 e. The van der Waals surface area contributed by atoms with Crippen molar-refractivity contribution in [3.63, 3.8) is 0 Å². The Morgan fingerprint density at radius 3 is 2.57 bits per heavy atom. The summed E-state index contributed by atoms with van der Waals surface area (Å²) in [6, 6.07) is 14.1. The third-order valence-electron chi connectivity index (χ3n) is 4.99. The number of anilines is 1. The van der Waals surface area contributed by atoms with Crippen molar-refractivity contribution in [2.75, 3.05) is 31.3 Å². The van der Waals surface area contributed by atoms with E-state index in [0.717, 1.165) is 4.90 Å². The highest BCUT2D eigenvalue weighted by molar-refractivity contribution is 7.98. The minimum atomic E-state index is -3.54. The van der Waals surface area contributed by atoms with Gasteiger partial charge in [-0.15, -0.1) is 11.8 Å². The summed E-state index contributed by atoms with van der Waals surface area (Å²) in [7, 11) is -3.54. The molecule has 2 aromatic carbocycles. The summed E-state index contributed by atoms with van der Waals surface area (Å²) in [5, 5.41) is 2.91. The summed E-state index contributed by atoms with van der Waals surface area (Å²) in [5.41, 5.74) is 0.658. The molecule has 0 aliphatic carbocycles. The molecule has 1 N–H and O–H groups in total. The molecule has 2 aromatic rings. The molecule has 1 amide bonds. The quantitative estimate of drug-likeness (QED) is 0.490. The highest BCUT2D eigenvalue weighted by Gasteiger charge is 2.32. The second kappa shape index (κ2) is 10.1. The lowest BCUT2D eigenvalue weighted by Crippen LogP contribution is -2.41. The van der Waals surface area contributed by atoms with Gasteiger partial charge in [-0.1, -0.05) is 18.7 Å². The fourth-order valence-corrected chi connectivity index (χ4v) is 5.20. The van der Waals surface area contributed by atoms with Gasteiger partial charge in [-0.25, -0.2) is 8.42 Å². The molecule has 0 bridgehead atoms. The topological polar surface area (TPSA) is 75.7 Å². The van der Waals surface area contributed by atoms with Crippen LogP contribution in [0.4, 0.5) is 5.69 Å². The van der Waals surface area contributed by atoms with Gasteiger partial charge in [0.05, 0.1) is 4.90 Å². The summed E-state index contributed by atoms with van der Waals surface area (Å²) in [5.74, 6) is 0.325. The van der Waals surface area contributed by atoms with Crippen LogP contribution in [-0.2, 0) is 14.8 Å². The molecule has 1 saturated heterocycles. The largest absolute Gasteiger partial charge is 0.489 e. The van der Waals surface area contributed by atoms with Gasteiger partial charge in [0, 0.05) is 35.7 Å². The van der Waals surface area contributed by atoms with Gasteiger partial charge in [0.25, 0.3) is 0 Å². The van der Waals surface area contributed by atoms with E-state index in [9.17, 15) is 13.2 Å². The fraction of sp³-hybridized carbons (Fsp3) is 0.318. The van der Waals surface area contributed by atoms with Crippen LogP contribution in [0.15, 0.2) is 71.0 Å². The van der Waals surface area contributed by atoms with Gasteiger partial charge < -0.3 is 10.1 Å². The standard InChI is InChI=1S/C22H26N2O4S2/c1-3-15-28-19-6-4-5-18(16-19)23-22(25)17-11-13-24(14-12-17)30(26,27)21-9-7-20(29-2)8-10-21/h3-10,16-17H,1,11-15H2,2H3,(H,23,25). The number of carbonyl (C=O) groups excluding carboxylic acids is 1. The molecule has 1 heterocycles. The van der Waals surface area contributed by atoms with E-state index in [1.54, 1.807) is 42.1 Å². The van der Waals surface area contributed by atoms with Gasteiger partial charge >= 0.3 is 0 Å². The van der Waals surface area contributed by atoms with Crippen molar-refractivity contribution in [3.05, 3.63) is 61.2 Å². The number of nitrogens with zero attached hydrogens (tertiary/aromatic N) is 1. The van der Waals surface area contributed by atoms with E-state index in [-0.39, 0.29) is 11.8 Å². The number of amides is 1. The molecule has 1 aliphatic heterocycles. The Labute approximate surface area is 182 Å². The predicted molar refractivity (Wildman–Crippen MR) is 120 cm³/mol. The third-order valence-corrected chi connectivity index (χ3v) is 7.65. The van der Waals surface area contributed by atoms with Crippen molar-refractivity contribution in [2.45, 2.75) is 22.6 Å². The second-order valence-electron chi connectivity index (χ2n) is 6.97. The zero-order valence-corrected chi connectivity index (χ0v) is 18.5. The van der Waals surface area contributed by atoms with Crippen molar-refractivity contribution in [2.24, 2.45) is 5.92 Å². The Kier molecular flexibility index (Phi) is 7.58. The van der Waals surface area contributed by atoms with Crippen molar-refractivity contribution < 1.29 is 17.9 Å². The molecule has 1 aliphatic rings. The van der Waals surface area contributed by atoms with Crippen LogP contribution >= 0.6 is 11.8 Å². The molecule has 6 nitrogen and oxygen atoms in total. The van der Waals surface area contributed by atoms with E-state index < -0.39 is 10.0 Å². The molecule has 0 radical (unpaired) electrons. The zero-order valence-electron chi connectivity index (χ0n) is 16.9. The van der Waals surface area contributed by atoms with Crippen molar-refractivity contribution in [1.82, 2.24) is 4.31 Å². The number of nitrogens with one attached hydrogen (secondary N) is 1. The van der Waals surface area contributed by atoms with Gasteiger partial charge in [-0.05, 0) is 55.5 Å². The normalized spacial score (nSPS) is 15.5. The first kappa shape index (κ1) is 22.4. The maximum Gasteiger partial charge on any atom is 0.243 e. The van der Waals surface area contributed by atoms with E-state index in [0.29, 0.717) is 48.9 Å². The van der Waals surface area contributed by atoms with Crippen LogP contribution in [0.3, 0.4) is 0 Å². The molecular weight excluding hydrogens is 420 g/mol. The average molecular weight is 447 g/mol. The molecule has 0 atom stereocenters. The number of carbonyl (C=O) groups is 1. The molecule has 8 heteroatoms. The number of sulfonamides is 1. The number of benzene rings is 2. The summed E-state index contributed by atoms with van der Waals surface area (Å²) < 4.78 is 32.7. The highest BCUT2D eigenvalue weighted by Crippen LogP contribution is 2.26. The summed E-state index contributed by atoms with van der Waals surface area (Å²) in [4.78, 5) is 14.0. The number of ether oxygens (including phenoxy) is 1. The molecule has 1 fully saturated rings. The fourth-order valence-electron chi connectivity index (χ4n) is 3.32. The molecule has 3 rings (SSSR count). The third kappa shape index (κ3) is 5.44. The maximum atomic E-state index is 12.9. The van der Waals surface area contributed by atoms with Crippen LogP contribution in [0.1, 0.15) is 12.8 Å². The molecule has 0 unspecified atom stereocenters. The first-order valence-electron chi connectivity index (χ1n) is 9.73. The van der Waals surface area contributed by atoms with Gasteiger partial charge in [0.15, 0.2) is 0 Å². The van der Waals surface area contributed by atoms with E-state index in [2.05, 4.69) is 11.9 Å². The van der Waals surface area contributed by atoms with Gasteiger partial charge in [-0.3, -0.25) is 4.79 Å². The first-order chi connectivity index (χ1) is 14.4. The van der Waals surface area contributed by atoms with Crippen molar-refractivity contribution >= 4 is 33.4 Å². The number of piperidine rings is 1. The molecule has 0 aromatic heterocycles. The Bertz CT molecular complexity index is 982. The van der Waals surface area contributed by atoms with E-state index in [4.69, 9.17) is 4.74 Å². The van der Waals surface area contributed by atoms with Crippen LogP contribution in [0.5, 0.6) is 5.75 Å². The minimum absolute atomic E-state index is 0.0998. The van der Waals surface area contributed by atoms with Gasteiger partial charge in [-0.2, -0.15) is 4.31 Å². The highest BCUT2D eigenvalue weighted by atomic mass is 32.2. The predicted octanol–water partition coefficient (Wildman–Crippen LogP) is 4.01. The second-order valence-corrected chi connectivity index (χ2v) is 9.79. The number of hydrogen-bond acceptors (Lipinski definition) is 5. The lowest BCUT2D eigenvalue weighted by atomic mass is 9.97. The van der Waals surface area contributed by atoms with E-state index in [1.807, 2.05) is 30.5 Å². The van der Waals surface area contributed by atoms with Crippen LogP contribution in [0, 0.1) is 5.92 Å². The number of rotatable bonds is 8. The van der Waals surface area contributed by atoms with Crippen LogP contribution in [-0.4, -0.2) is 44.6 Å².